The van der Waals surface area contributed by atoms with E-state index in [1.54, 1.807) is 0 Å². The van der Waals surface area contributed by atoms with E-state index in [0.717, 1.165) is 44.9 Å². The van der Waals surface area contributed by atoms with E-state index in [0.29, 0.717) is 12.8 Å². The van der Waals surface area contributed by atoms with Crippen molar-refractivity contribution in [1.82, 2.24) is 0 Å². The number of rotatable bonds is 32. The number of ether oxygens (including phenoxy) is 2. The Kier molecular flexibility index (Phi) is 33.6. The molecule has 0 heterocycles. The van der Waals surface area contributed by atoms with Crippen molar-refractivity contribution in [2.75, 3.05) is 13.2 Å². The maximum atomic E-state index is 12.1. The molecule has 0 aliphatic heterocycles. The Hall–Kier alpha value is -2.14. The van der Waals surface area contributed by atoms with E-state index < -0.39 is 6.10 Å². The number of hydrogen-bond donors (Lipinski definition) is 1. The lowest BCUT2D eigenvalue weighted by Crippen LogP contribution is -2.28. The number of esters is 2. The third kappa shape index (κ3) is 32.8. The van der Waals surface area contributed by atoms with Gasteiger partial charge in [-0.1, -0.05) is 152 Å². The van der Waals surface area contributed by atoms with Crippen molar-refractivity contribution >= 4 is 11.9 Å². The topological polar surface area (TPSA) is 72.8 Å². The zero-order valence-electron chi connectivity index (χ0n) is 28.7. The number of aliphatic hydroxyl groups is 1. The monoisotopic (exact) mass is 617 g/mol. The lowest BCUT2D eigenvalue weighted by molar-refractivity contribution is -0.161. The molecule has 0 radical (unpaired) electrons. The molecule has 0 saturated heterocycles. The average molecular weight is 617 g/mol. The molecule has 5 heteroatoms. The van der Waals surface area contributed by atoms with Gasteiger partial charge in [-0.2, -0.15) is 0 Å². The van der Waals surface area contributed by atoms with Crippen LogP contribution < -0.4 is 0 Å². The predicted molar refractivity (Wildman–Crippen MR) is 187 cm³/mol. The highest BCUT2D eigenvalue weighted by molar-refractivity contribution is 5.70. The molecule has 0 bridgehead atoms. The molecule has 0 unspecified atom stereocenters. The van der Waals surface area contributed by atoms with Crippen molar-refractivity contribution in [3.8, 4) is 0 Å². The van der Waals surface area contributed by atoms with Gasteiger partial charge in [0, 0.05) is 12.8 Å². The molecule has 0 fully saturated rings. The van der Waals surface area contributed by atoms with Gasteiger partial charge in [0.25, 0.3) is 0 Å². The lowest BCUT2D eigenvalue weighted by atomic mass is 10.0. The van der Waals surface area contributed by atoms with Crippen molar-refractivity contribution in [3.05, 3.63) is 48.6 Å². The standard InChI is InChI=1S/C39H68O5/c1-3-5-7-9-11-13-15-17-18-19-20-22-24-26-28-30-32-34-39(42)44-37(35-40)36-43-38(41)33-31-29-27-25-23-21-16-14-12-10-8-6-4-2/h11,13,17-18,20,22,26,28,37,40H,3-10,12,14-16,19,21,23-25,27,29-36H2,1-2H3/t37-/m0/s1. The van der Waals surface area contributed by atoms with E-state index in [9.17, 15) is 14.7 Å². The molecule has 0 aromatic heterocycles. The zero-order chi connectivity index (χ0) is 32.2. The van der Waals surface area contributed by atoms with Crippen LogP contribution in [0.3, 0.4) is 0 Å². The number of aliphatic hydroxyl groups excluding tert-OH is 1. The number of unbranched alkanes of at least 4 members (excludes halogenated alkanes) is 16. The Bertz CT molecular complexity index is 752. The van der Waals surface area contributed by atoms with Crippen LogP contribution in [-0.4, -0.2) is 36.4 Å². The first-order chi connectivity index (χ1) is 21.6. The van der Waals surface area contributed by atoms with E-state index in [4.69, 9.17) is 9.47 Å². The molecule has 5 nitrogen and oxygen atoms in total. The summed E-state index contributed by atoms with van der Waals surface area (Å²) in [6, 6.07) is 0. The van der Waals surface area contributed by atoms with Crippen molar-refractivity contribution < 1.29 is 24.2 Å². The van der Waals surface area contributed by atoms with Gasteiger partial charge in [-0.3, -0.25) is 9.59 Å². The van der Waals surface area contributed by atoms with Crippen molar-refractivity contribution in [1.29, 1.82) is 0 Å². The van der Waals surface area contributed by atoms with Crippen LogP contribution in [0.5, 0.6) is 0 Å². The molecule has 0 aromatic carbocycles. The van der Waals surface area contributed by atoms with Gasteiger partial charge in [-0.15, -0.1) is 0 Å². The van der Waals surface area contributed by atoms with Crippen LogP contribution in [0.2, 0.25) is 0 Å². The third-order valence-corrected chi connectivity index (χ3v) is 7.63. The van der Waals surface area contributed by atoms with Gasteiger partial charge < -0.3 is 14.6 Å². The van der Waals surface area contributed by atoms with Crippen LogP contribution in [0, 0.1) is 0 Å². The van der Waals surface area contributed by atoms with Crippen molar-refractivity contribution in [2.45, 2.75) is 174 Å². The molecule has 0 rings (SSSR count). The fourth-order valence-electron chi connectivity index (χ4n) is 4.84. The highest BCUT2D eigenvalue weighted by Crippen LogP contribution is 2.13. The summed E-state index contributed by atoms with van der Waals surface area (Å²) in [6.45, 7) is 4.05. The second-order valence-electron chi connectivity index (χ2n) is 12.0. The summed E-state index contributed by atoms with van der Waals surface area (Å²) < 4.78 is 10.5. The molecule has 44 heavy (non-hydrogen) atoms. The van der Waals surface area contributed by atoms with Crippen LogP contribution in [0.1, 0.15) is 168 Å². The molecule has 1 N–H and O–H groups in total. The summed E-state index contributed by atoms with van der Waals surface area (Å²) >= 11 is 0. The fraction of sp³-hybridized carbons (Fsp3) is 0.744. The summed E-state index contributed by atoms with van der Waals surface area (Å²) in [7, 11) is 0. The molecule has 254 valence electrons. The summed E-state index contributed by atoms with van der Waals surface area (Å²) in [5.74, 6) is -0.657. The maximum absolute atomic E-state index is 12.1. The fourth-order valence-corrected chi connectivity index (χ4v) is 4.84. The Balaban J connectivity index is 3.69. The minimum absolute atomic E-state index is 0.0866. The predicted octanol–water partition coefficient (Wildman–Crippen LogP) is 11.1. The van der Waals surface area contributed by atoms with Gasteiger partial charge in [0.05, 0.1) is 6.61 Å². The maximum Gasteiger partial charge on any atom is 0.306 e. The lowest BCUT2D eigenvalue weighted by Gasteiger charge is -2.15. The summed E-state index contributed by atoms with van der Waals surface area (Å²) in [5, 5.41) is 9.51. The summed E-state index contributed by atoms with van der Waals surface area (Å²) in [6.07, 6.45) is 43.1. The van der Waals surface area contributed by atoms with Gasteiger partial charge in [-0.05, 0) is 51.4 Å². The highest BCUT2D eigenvalue weighted by Gasteiger charge is 2.15. The normalized spacial score (nSPS) is 12.7. The molecule has 0 amide bonds. The first kappa shape index (κ1) is 41.9. The van der Waals surface area contributed by atoms with Crippen LogP contribution in [-0.2, 0) is 19.1 Å². The van der Waals surface area contributed by atoms with Gasteiger partial charge in [0.2, 0.25) is 0 Å². The van der Waals surface area contributed by atoms with E-state index in [1.807, 2.05) is 0 Å². The molecule has 0 saturated carbocycles. The van der Waals surface area contributed by atoms with Gasteiger partial charge in [0.15, 0.2) is 6.10 Å². The first-order valence-electron chi connectivity index (χ1n) is 18.2. The minimum Gasteiger partial charge on any atom is -0.462 e. The van der Waals surface area contributed by atoms with Crippen molar-refractivity contribution in [3.63, 3.8) is 0 Å². The van der Waals surface area contributed by atoms with E-state index in [2.05, 4.69) is 62.5 Å². The smallest absolute Gasteiger partial charge is 0.306 e. The minimum atomic E-state index is -0.797. The van der Waals surface area contributed by atoms with E-state index in [-0.39, 0.29) is 31.6 Å². The largest absolute Gasteiger partial charge is 0.462 e. The Morgan fingerprint density at radius 3 is 1.43 bits per heavy atom. The Morgan fingerprint density at radius 1 is 0.523 bits per heavy atom. The molecule has 0 aromatic rings. The molecule has 0 aliphatic rings. The number of carbonyl (C=O) groups excluding carboxylic acids is 2. The van der Waals surface area contributed by atoms with Gasteiger partial charge in [0.1, 0.15) is 6.61 Å². The second kappa shape index (κ2) is 35.3. The van der Waals surface area contributed by atoms with Gasteiger partial charge in [-0.25, -0.2) is 0 Å². The molecular formula is C39H68O5. The molecule has 0 aliphatic carbocycles. The van der Waals surface area contributed by atoms with E-state index >= 15 is 0 Å². The Morgan fingerprint density at radius 2 is 0.932 bits per heavy atom. The van der Waals surface area contributed by atoms with Crippen LogP contribution in [0.15, 0.2) is 48.6 Å². The SMILES string of the molecule is CCCCCC=CCC=CCC=CCC=CCCCC(=O)O[C@@H](CO)COC(=O)CCCCCCCCCCCCCCC. The molecule has 0 spiro atoms. The highest BCUT2D eigenvalue weighted by atomic mass is 16.6. The van der Waals surface area contributed by atoms with E-state index in [1.165, 1.54) is 89.9 Å². The summed E-state index contributed by atoms with van der Waals surface area (Å²) in [5.41, 5.74) is 0. The summed E-state index contributed by atoms with van der Waals surface area (Å²) in [4.78, 5) is 24.1. The van der Waals surface area contributed by atoms with Gasteiger partial charge >= 0.3 is 11.9 Å². The van der Waals surface area contributed by atoms with Crippen LogP contribution in [0.4, 0.5) is 0 Å². The molecular weight excluding hydrogens is 548 g/mol. The average Bonchev–Trinajstić information content (AvgIpc) is 3.02. The number of hydrogen-bond acceptors (Lipinski definition) is 5. The number of carbonyl (C=O) groups is 2. The van der Waals surface area contributed by atoms with Crippen LogP contribution in [0.25, 0.3) is 0 Å². The zero-order valence-corrected chi connectivity index (χ0v) is 28.7. The first-order valence-corrected chi connectivity index (χ1v) is 18.2. The quantitative estimate of drug-likeness (QED) is 0.0462. The van der Waals surface area contributed by atoms with Crippen LogP contribution >= 0.6 is 0 Å². The molecule has 1 atom stereocenters. The second-order valence-corrected chi connectivity index (χ2v) is 12.0. The Labute approximate surface area is 271 Å². The number of allylic oxidation sites excluding steroid dienone is 8. The third-order valence-electron chi connectivity index (χ3n) is 7.63. The van der Waals surface area contributed by atoms with Crippen molar-refractivity contribution in [2.24, 2.45) is 0 Å².